The summed E-state index contributed by atoms with van der Waals surface area (Å²) in [4.78, 5) is 21.1. The summed E-state index contributed by atoms with van der Waals surface area (Å²) in [7, 11) is 0. The van der Waals surface area contributed by atoms with Crippen LogP contribution in [0.4, 0.5) is 30.4 Å². The summed E-state index contributed by atoms with van der Waals surface area (Å²) >= 11 is 0. The molecule has 0 saturated heterocycles. The topological polar surface area (TPSA) is 221 Å². The van der Waals surface area contributed by atoms with Gasteiger partial charge in [0.15, 0.2) is 17.2 Å². The zero-order valence-electron chi connectivity index (χ0n) is 30.9. The number of hydrazine groups is 1. The number of anilines is 2. The molecule has 10 rings (SSSR count). The second-order valence-electron chi connectivity index (χ2n) is 14.2. The SMILES string of the molecule is Cc1ccc(NC(O)C2(c3ccc4c(c3)OC(F)(F)O4)CC2)nc1-c1cccc(N2N[NH+](c3ccc(-c4nc(-c5cccc(-n6nn[nH]c6=O)c5)no4)c(F)c3)N=C2[O-])c1. The predicted octanol–water partition coefficient (Wildman–Crippen LogP) is 3.05. The quantitative estimate of drug-likeness (QED) is 0.125. The second kappa shape index (κ2) is 13.8. The number of aromatic amines is 1. The second-order valence-corrected chi connectivity index (χ2v) is 14.2. The number of aromatic nitrogens is 7. The molecular formula is C39H29F3N12O6. The summed E-state index contributed by atoms with van der Waals surface area (Å²) < 4.78 is 58.5. The number of pyridine rings is 1. The van der Waals surface area contributed by atoms with Crippen molar-refractivity contribution >= 4 is 23.2 Å². The first-order chi connectivity index (χ1) is 28.9. The monoisotopic (exact) mass is 818 g/mol. The van der Waals surface area contributed by atoms with E-state index in [0.717, 1.165) is 10.2 Å². The van der Waals surface area contributed by atoms with Crippen LogP contribution >= 0.6 is 0 Å². The van der Waals surface area contributed by atoms with Gasteiger partial charge in [0.1, 0.15) is 23.9 Å². The summed E-state index contributed by atoms with van der Waals surface area (Å²) in [5.74, 6) is -0.472. The fourth-order valence-electron chi connectivity index (χ4n) is 7.14. The normalized spacial score (nSPS) is 17.7. The number of ether oxygens (including phenoxy) is 2. The minimum absolute atomic E-state index is 0.00976. The summed E-state index contributed by atoms with van der Waals surface area (Å²) in [6.45, 7) is 1.87. The summed E-state index contributed by atoms with van der Waals surface area (Å²) in [5, 5.41) is 46.5. The van der Waals surface area contributed by atoms with E-state index >= 15 is 4.39 Å². The molecule has 5 N–H and O–H groups in total. The molecule has 1 fully saturated rings. The Balaban J connectivity index is 0.835. The molecule has 302 valence electrons. The Morgan fingerprint density at radius 2 is 1.72 bits per heavy atom. The van der Waals surface area contributed by atoms with Crippen LogP contribution in [0.1, 0.15) is 24.0 Å². The number of aliphatic hydroxyl groups excluding tert-OH is 1. The van der Waals surface area contributed by atoms with Crippen molar-refractivity contribution in [2.24, 2.45) is 5.10 Å². The van der Waals surface area contributed by atoms with Gasteiger partial charge in [-0.3, -0.25) is 0 Å². The number of rotatable bonds is 10. The van der Waals surface area contributed by atoms with Crippen molar-refractivity contribution in [1.82, 2.24) is 40.9 Å². The van der Waals surface area contributed by atoms with E-state index in [1.165, 1.54) is 29.3 Å². The van der Waals surface area contributed by atoms with Gasteiger partial charge in [-0.15, -0.1) is 8.78 Å². The summed E-state index contributed by atoms with van der Waals surface area (Å²) in [6.07, 6.45) is -3.66. The first-order valence-electron chi connectivity index (χ1n) is 18.3. The zero-order chi connectivity index (χ0) is 41.3. The van der Waals surface area contributed by atoms with E-state index in [2.05, 4.69) is 51.1 Å². The van der Waals surface area contributed by atoms with Crippen LogP contribution in [0.5, 0.6) is 11.5 Å². The molecule has 0 radical (unpaired) electrons. The number of nitrogens with one attached hydrogen (secondary N) is 4. The molecule has 2 atom stereocenters. The van der Waals surface area contributed by atoms with Crippen molar-refractivity contribution in [3.05, 3.63) is 124 Å². The van der Waals surface area contributed by atoms with Crippen molar-refractivity contribution < 1.29 is 42.5 Å². The highest BCUT2D eigenvalue weighted by molar-refractivity contribution is 5.89. The van der Waals surface area contributed by atoms with E-state index in [-0.39, 0.29) is 39.6 Å². The molecule has 4 aromatic carbocycles. The smallest absolute Gasteiger partial charge is 0.586 e. The molecule has 1 aliphatic carbocycles. The van der Waals surface area contributed by atoms with E-state index in [4.69, 9.17) is 9.51 Å². The average Bonchev–Trinajstić information content (AvgIpc) is 3.52. The Hall–Kier alpha value is -7.62. The lowest BCUT2D eigenvalue weighted by Crippen LogP contribution is -3.09. The number of hydrogen-bond acceptors (Lipinski definition) is 15. The van der Waals surface area contributed by atoms with E-state index in [0.29, 0.717) is 52.4 Å². The summed E-state index contributed by atoms with van der Waals surface area (Å²) in [5.41, 5.74) is 5.91. The predicted molar refractivity (Wildman–Crippen MR) is 202 cm³/mol. The van der Waals surface area contributed by atoms with E-state index in [1.807, 2.05) is 19.1 Å². The number of amidine groups is 1. The number of aryl methyl sites for hydroxylation is 1. The van der Waals surface area contributed by atoms with Gasteiger partial charge in [-0.25, -0.2) is 24.3 Å². The third kappa shape index (κ3) is 6.51. The number of alkyl halides is 2. The minimum Gasteiger partial charge on any atom is -0.841 e. The number of H-pyrrole nitrogens is 1. The maximum atomic E-state index is 15.6. The lowest BCUT2D eigenvalue weighted by molar-refractivity contribution is -0.882. The highest BCUT2D eigenvalue weighted by Crippen LogP contribution is 2.53. The van der Waals surface area contributed by atoms with Gasteiger partial charge in [-0.1, -0.05) is 51.8 Å². The van der Waals surface area contributed by atoms with Gasteiger partial charge in [-0.2, -0.15) is 9.67 Å². The average molecular weight is 819 g/mol. The molecule has 0 bridgehead atoms. The molecule has 18 nitrogen and oxygen atoms in total. The highest BCUT2D eigenvalue weighted by atomic mass is 19.3. The molecule has 1 saturated carbocycles. The standard InChI is InChI=1S/C39H29F3N12O6/c1-20-8-13-31(44-35(55)38(14-15-38)23-9-12-29-30(18-23)59-39(41,42)58-29)43-32(20)21-4-2-7-25(16-21)53-37(57)47-54(51-53)26-10-11-27(28(40)19-26)34-45-33(48-60-34)22-5-3-6-24(17-22)52-36(56)46-49-50-52/h2-13,16-19,35,51,55H,14-15H2,1H3,(H,43,44)(H,47,57)(H,46,50,56). The van der Waals surface area contributed by atoms with E-state index in [1.54, 1.807) is 60.7 Å². The van der Waals surface area contributed by atoms with Gasteiger partial charge >= 0.3 is 12.0 Å². The fourth-order valence-corrected chi connectivity index (χ4v) is 7.14. The molecule has 2 aliphatic heterocycles. The molecule has 21 heteroatoms. The van der Waals surface area contributed by atoms with Gasteiger partial charge in [0.2, 0.25) is 5.82 Å². The fraction of sp³-hybridized carbons (Fsp3) is 0.154. The first kappa shape index (κ1) is 36.7. The van der Waals surface area contributed by atoms with Gasteiger partial charge in [0.05, 0.1) is 22.6 Å². The van der Waals surface area contributed by atoms with Crippen molar-refractivity contribution in [3.63, 3.8) is 0 Å². The molecule has 7 aromatic rings. The number of aliphatic hydroxyl groups is 1. The van der Waals surface area contributed by atoms with Gasteiger partial charge < -0.3 is 29.5 Å². The number of halogens is 3. The molecule has 5 heterocycles. The minimum atomic E-state index is -3.75. The van der Waals surface area contributed by atoms with E-state index < -0.39 is 35.5 Å². The largest absolute Gasteiger partial charge is 0.841 e. The molecule has 2 unspecified atom stereocenters. The molecule has 0 amide bonds. The van der Waals surface area contributed by atoms with Crippen molar-refractivity contribution in [1.29, 1.82) is 0 Å². The lowest BCUT2D eigenvalue weighted by Gasteiger charge is -2.25. The van der Waals surface area contributed by atoms with Crippen LogP contribution in [-0.2, 0) is 5.41 Å². The Labute approximate surface area is 335 Å². The first-order valence-corrected chi connectivity index (χ1v) is 18.3. The van der Waals surface area contributed by atoms with Crippen LogP contribution in [-0.4, -0.2) is 59.0 Å². The molecule has 3 aromatic heterocycles. The van der Waals surface area contributed by atoms with E-state index in [9.17, 15) is 23.8 Å². The number of nitrogens with zero attached hydrogens (tertiary/aromatic N) is 8. The zero-order valence-corrected chi connectivity index (χ0v) is 30.9. The Morgan fingerprint density at radius 3 is 2.50 bits per heavy atom. The number of benzene rings is 4. The van der Waals surface area contributed by atoms with Crippen molar-refractivity contribution in [2.45, 2.75) is 37.7 Å². The highest BCUT2D eigenvalue weighted by Gasteiger charge is 2.52. The van der Waals surface area contributed by atoms with Crippen LogP contribution in [0, 0.1) is 12.7 Å². The van der Waals surface area contributed by atoms with Gasteiger partial charge in [-0.05, 0) is 95.4 Å². The lowest BCUT2D eigenvalue weighted by atomic mass is 9.93. The Morgan fingerprint density at radius 1 is 0.933 bits per heavy atom. The van der Waals surface area contributed by atoms with Crippen LogP contribution in [0.25, 0.3) is 39.8 Å². The Kier molecular flexibility index (Phi) is 8.41. The number of hydrogen-bond donors (Lipinski definition) is 5. The third-order valence-electron chi connectivity index (χ3n) is 10.4. The van der Waals surface area contributed by atoms with Crippen molar-refractivity contribution in [2.75, 3.05) is 10.3 Å². The molecule has 3 aliphatic rings. The van der Waals surface area contributed by atoms with Crippen LogP contribution in [0.3, 0.4) is 0 Å². The molecule has 60 heavy (non-hydrogen) atoms. The van der Waals surface area contributed by atoms with Gasteiger partial charge in [0.25, 0.3) is 5.89 Å². The maximum absolute atomic E-state index is 15.6. The van der Waals surface area contributed by atoms with Crippen LogP contribution in [0.15, 0.2) is 111 Å². The van der Waals surface area contributed by atoms with Crippen molar-refractivity contribution in [3.8, 4) is 51.3 Å². The van der Waals surface area contributed by atoms with Crippen LogP contribution < -0.4 is 41.2 Å². The molecular weight excluding hydrogens is 790 g/mol. The maximum Gasteiger partial charge on any atom is 0.586 e. The number of fused-ring (bicyclic) bond motifs is 1. The molecule has 0 spiro atoms. The number of tetrazole rings is 1. The number of quaternary nitrogens is 1. The van der Waals surface area contributed by atoms with Gasteiger partial charge in [0, 0.05) is 28.7 Å². The Bertz CT molecular complexity index is 2910. The third-order valence-corrected chi connectivity index (χ3v) is 10.4. The van der Waals surface area contributed by atoms with Crippen LogP contribution in [0.2, 0.25) is 0 Å². The summed E-state index contributed by atoms with van der Waals surface area (Å²) in [6, 6.07) is 25.2.